The lowest BCUT2D eigenvalue weighted by molar-refractivity contribution is -0.0201. The molecule has 0 unspecified atom stereocenters. The van der Waals surface area contributed by atoms with Gasteiger partial charge in [-0.1, -0.05) is 5.92 Å². The van der Waals surface area contributed by atoms with E-state index in [1.165, 1.54) is 0 Å². The Morgan fingerprint density at radius 3 is 2.80 bits per heavy atom. The average Bonchev–Trinajstić information content (AvgIpc) is 2.44. The molecular formula is C16H23NO3. The van der Waals surface area contributed by atoms with Gasteiger partial charge in [0.15, 0.2) is 6.79 Å². The van der Waals surface area contributed by atoms with E-state index in [1.54, 1.807) is 6.20 Å². The summed E-state index contributed by atoms with van der Waals surface area (Å²) in [6.07, 6.45) is 3.59. The third kappa shape index (κ3) is 7.78. The fourth-order valence-electron chi connectivity index (χ4n) is 1.34. The van der Waals surface area contributed by atoms with Crippen molar-refractivity contribution in [2.75, 3.05) is 20.0 Å². The molecule has 0 fully saturated rings. The van der Waals surface area contributed by atoms with Gasteiger partial charge < -0.3 is 14.2 Å². The van der Waals surface area contributed by atoms with Gasteiger partial charge in [-0.25, -0.2) is 4.98 Å². The lowest BCUT2D eigenvalue weighted by Crippen LogP contribution is -2.09. The first kappa shape index (κ1) is 16.5. The first-order valence-corrected chi connectivity index (χ1v) is 6.99. The highest BCUT2D eigenvalue weighted by atomic mass is 16.7. The Balaban J connectivity index is 2.29. The van der Waals surface area contributed by atoms with Gasteiger partial charge in [0.05, 0.1) is 12.3 Å². The van der Waals surface area contributed by atoms with Crippen LogP contribution in [0, 0.1) is 11.8 Å². The maximum atomic E-state index is 5.39. The summed E-state index contributed by atoms with van der Waals surface area (Å²) in [7, 11) is 0. The molecule has 0 aromatic carbocycles. The van der Waals surface area contributed by atoms with E-state index in [0.29, 0.717) is 5.75 Å². The zero-order valence-electron chi connectivity index (χ0n) is 12.5. The molecule has 0 aliphatic heterocycles. The maximum absolute atomic E-state index is 5.39. The highest BCUT2D eigenvalue weighted by Crippen LogP contribution is 2.08. The molecule has 0 atom stereocenters. The van der Waals surface area contributed by atoms with Gasteiger partial charge in [0.2, 0.25) is 0 Å². The summed E-state index contributed by atoms with van der Waals surface area (Å²) in [5.41, 5.74) is 0.749. The van der Waals surface area contributed by atoms with Crippen LogP contribution in [0.4, 0.5) is 0 Å². The molecule has 20 heavy (non-hydrogen) atoms. The second-order valence-corrected chi connectivity index (χ2v) is 4.46. The van der Waals surface area contributed by atoms with Crippen LogP contribution in [-0.4, -0.2) is 31.1 Å². The molecule has 1 heterocycles. The number of pyridine rings is 1. The summed E-state index contributed by atoms with van der Waals surface area (Å²) in [4.78, 5) is 4.23. The van der Waals surface area contributed by atoms with Crippen LogP contribution in [0.25, 0.3) is 0 Å². The number of aromatic nitrogens is 1. The van der Waals surface area contributed by atoms with E-state index in [1.807, 2.05) is 32.9 Å². The number of ether oxygens (including phenoxy) is 3. The van der Waals surface area contributed by atoms with Crippen LogP contribution in [0.3, 0.4) is 0 Å². The van der Waals surface area contributed by atoms with Crippen molar-refractivity contribution in [2.45, 2.75) is 39.7 Å². The summed E-state index contributed by atoms with van der Waals surface area (Å²) in [5.74, 6) is 6.79. The Bertz CT molecular complexity index is 418. The standard InChI is InChI=1S/C16H23NO3/c1-4-18-11-7-5-6-8-15-9-10-16(12-17-15)20-13-19-14(2)3/h9-10,12,14H,4-5,7,11,13H2,1-3H3. The van der Waals surface area contributed by atoms with Crippen molar-refractivity contribution < 1.29 is 14.2 Å². The topological polar surface area (TPSA) is 40.6 Å². The second-order valence-electron chi connectivity index (χ2n) is 4.46. The molecule has 1 aromatic heterocycles. The zero-order chi connectivity index (χ0) is 14.6. The molecule has 0 bridgehead atoms. The number of hydrogen-bond acceptors (Lipinski definition) is 4. The summed E-state index contributed by atoms with van der Waals surface area (Å²) in [6.45, 7) is 7.68. The first-order valence-electron chi connectivity index (χ1n) is 6.99. The Morgan fingerprint density at radius 1 is 1.30 bits per heavy atom. The van der Waals surface area contributed by atoms with Crippen molar-refractivity contribution in [3.05, 3.63) is 24.0 Å². The average molecular weight is 277 g/mol. The number of hydrogen-bond donors (Lipinski definition) is 0. The molecular weight excluding hydrogens is 254 g/mol. The van der Waals surface area contributed by atoms with Crippen LogP contribution < -0.4 is 4.74 Å². The van der Waals surface area contributed by atoms with E-state index in [4.69, 9.17) is 14.2 Å². The lowest BCUT2D eigenvalue weighted by Gasteiger charge is -2.08. The largest absolute Gasteiger partial charge is 0.466 e. The van der Waals surface area contributed by atoms with E-state index < -0.39 is 0 Å². The van der Waals surface area contributed by atoms with Crippen molar-refractivity contribution in [1.29, 1.82) is 0 Å². The van der Waals surface area contributed by atoms with Crippen LogP contribution >= 0.6 is 0 Å². The van der Waals surface area contributed by atoms with Gasteiger partial charge in [-0.2, -0.15) is 0 Å². The summed E-state index contributed by atoms with van der Waals surface area (Å²) in [5, 5.41) is 0. The van der Waals surface area contributed by atoms with Gasteiger partial charge in [-0.05, 0) is 45.2 Å². The zero-order valence-corrected chi connectivity index (χ0v) is 12.5. The second kappa shape index (κ2) is 10.2. The van der Waals surface area contributed by atoms with E-state index in [9.17, 15) is 0 Å². The fourth-order valence-corrected chi connectivity index (χ4v) is 1.34. The van der Waals surface area contributed by atoms with Gasteiger partial charge in [-0.15, -0.1) is 0 Å². The Morgan fingerprint density at radius 2 is 2.15 bits per heavy atom. The molecule has 4 nitrogen and oxygen atoms in total. The van der Waals surface area contributed by atoms with Crippen LogP contribution in [-0.2, 0) is 9.47 Å². The quantitative estimate of drug-likeness (QED) is 0.416. The third-order valence-corrected chi connectivity index (χ3v) is 2.37. The van der Waals surface area contributed by atoms with E-state index in [2.05, 4.69) is 16.8 Å². The van der Waals surface area contributed by atoms with Crippen molar-refractivity contribution >= 4 is 0 Å². The van der Waals surface area contributed by atoms with Gasteiger partial charge >= 0.3 is 0 Å². The monoisotopic (exact) mass is 277 g/mol. The first-order chi connectivity index (χ1) is 9.72. The molecule has 110 valence electrons. The van der Waals surface area contributed by atoms with Crippen molar-refractivity contribution in [3.8, 4) is 17.6 Å². The van der Waals surface area contributed by atoms with E-state index >= 15 is 0 Å². The molecule has 0 aliphatic carbocycles. The Kier molecular flexibility index (Phi) is 8.44. The van der Waals surface area contributed by atoms with Gasteiger partial charge in [0.1, 0.15) is 11.4 Å². The highest BCUT2D eigenvalue weighted by molar-refractivity contribution is 5.31. The number of rotatable bonds is 8. The minimum atomic E-state index is 0.157. The van der Waals surface area contributed by atoms with Gasteiger partial charge in [-0.3, -0.25) is 0 Å². The minimum Gasteiger partial charge on any atom is -0.466 e. The Hall–Kier alpha value is -1.57. The summed E-state index contributed by atoms with van der Waals surface area (Å²) < 4.78 is 15.9. The molecule has 0 aliphatic rings. The fraction of sp³-hybridized carbons (Fsp3) is 0.562. The Labute approximate surface area is 121 Å². The molecule has 0 amide bonds. The van der Waals surface area contributed by atoms with Crippen molar-refractivity contribution in [2.24, 2.45) is 0 Å². The van der Waals surface area contributed by atoms with Crippen LogP contribution in [0.15, 0.2) is 18.3 Å². The maximum Gasteiger partial charge on any atom is 0.189 e. The minimum absolute atomic E-state index is 0.157. The van der Waals surface area contributed by atoms with Crippen LogP contribution in [0.2, 0.25) is 0 Å². The lowest BCUT2D eigenvalue weighted by atomic mass is 10.3. The molecule has 0 N–H and O–H groups in total. The molecule has 0 saturated carbocycles. The molecule has 1 rings (SSSR count). The van der Waals surface area contributed by atoms with Gasteiger partial charge in [0.25, 0.3) is 0 Å². The SMILES string of the molecule is CCOCCCC#Cc1ccc(OCOC(C)C)cn1. The number of nitrogens with zero attached hydrogens (tertiary/aromatic N) is 1. The predicted octanol–water partition coefficient (Wildman–Crippen LogP) is 3.01. The summed E-state index contributed by atoms with van der Waals surface area (Å²) >= 11 is 0. The highest BCUT2D eigenvalue weighted by Gasteiger charge is 1.96. The van der Waals surface area contributed by atoms with Crippen molar-refractivity contribution in [1.82, 2.24) is 4.98 Å². The van der Waals surface area contributed by atoms with E-state index in [-0.39, 0.29) is 12.9 Å². The molecule has 1 aromatic rings. The number of unbranched alkanes of at least 4 members (excludes halogenated alkanes) is 1. The molecule has 0 radical (unpaired) electrons. The smallest absolute Gasteiger partial charge is 0.189 e. The van der Waals surface area contributed by atoms with Crippen LogP contribution in [0.5, 0.6) is 5.75 Å². The predicted molar refractivity (Wildman–Crippen MR) is 78.6 cm³/mol. The molecule has 0 spiro atoms. The van der Waals surface area contributed by atoms with Crippen molar-refractivity contribution in [3.63, 3.8) is 0 Å². The normalized spacial score (nSPS) is 10.2. The van der Waals surface area contributed by atoms with E-state index in [0.717, 1.165) is 31.7 Å². The summed E-state index contributed by atoms with van der Waals surface area (Å²) in [6, 6.07) is 3.70. The van der Waals surface area contributed by atoms with Gasteiger partial charge in [0, 0.05) is 19.6 Å². The molecule has 4 heteroatoms. The van der Waals surface area contributed by atoms with Crippen LogP contribution in [0.1, 0.15) is 39.3 Å². The molecule has 0 saturated heterocycles. The third-order valence-electron chi connectivity index (χ3n) is 2.37.